The molecule has 3 heterocycles. The summed E-state index contributed by atoms with van der Waals surface area (Å²) in [6.07, 6.45) is 4.27. The van der Waals surface area contributed by atoms with E-state index < -0.39 is 0 Å². The van der Waals surface area contributed by atoms with Gasteiger partial charge in [0.2, 0.25) is 5.91 Å². The molecule has 1 aromatic carbocycles. The normalized spacial score (nSPS) is 20.7. The first-order valence-corrected chi connectivity index (χ1v) is 10.9. The van der Waals surface area contributed by atoms with Gasteiger partial charge in [-0.3, -0.25) is 4.79 Å². The first kappa shape index (κ1) is 20.5. The molecular formula is C24H30N4O2. The van der Waals surface area contributed by atoms with Gasteiger partial charge in [0, 0.05) is 24.0 Å². The van der Waals surface area contributed by atoms with Crippen LogP contribution in [0.5, 0.6) is 0 Å². The summed E-state index contributed by atoms with van der Waals surface area (Å²) in [4.78, 5) is 15.3. The van der Waals surface area contributed by atoms with Crippen molar-refractivity contribution in [2.24, 2.45) is 0 Å². The van der Waals surface area contributed by atoms with E-state index in [0.29, 0.717) is 24.0 Å². The maximum Gasteiger partial charge on any atom is 0.245 e. The number of nitrogens with one attached hydrogen (secondary N) is 1. The van der Waals surface area contributed by atoms with Crippen LogP contribution in [0.2, 0.25) is 0 Å². The zero-order valence-electron chi connectivity index (χ0n) is 18.1. The van der Waals surface area contributed by atoms with E-state index in [4.69, 9.17) is 4.74 Å². The lowest BCUT2D eigenvalue weighted by molar-refractivity contribution is -0.115. The van der Waals surface area contributed by atoms with Gasteiger partial charge in [0.15, 0.2) is 0 Å². The molecule has 1 aromatic heterocycles. The Hall–Kier alpha value is -2.78. The first-order chi connectivity index (χ1) is 14.5. The zero-order chi connectivity index (χ0) is 21.3. The number of anilines is 2. The molecule has 1 N–H and O–H groups in total. The van der Waals surface area contributed by atoms with E-state index in [1.54, 1.807) is 0 Å². The maximum atomic E-state index is 13.1. The van der Waals surface area contributed by atoms with Crippen molar-refractivity contribution in [3.8, 4) is 6.07 Å². The van der Waals surface area contributed by atoms with Gasteiger partial charge in [-0.1, -0.05) is 18.2 Å². The highest BCUT2D eigenvalue weighted by Gasteiger charge is 2.27. The van der Waals surface area contributed by atoms with Crippen molar-refractivity contribution in [1.29, 1.82) is 5.26 Å². The highest BCUT2D eigenvalue weighted by molar-refractivity contribution is 5.95. The summed E-state index contributed by atoms with van der Waals surface area (Å²) in [6, 6.07) is 10.9. The Kier molecular flexibility index (Phi) is 5.83. The number of amides is 1. The SMILES string of the molecule is Cc1c(C#N)c(NC(=O)CN2c3ccccc3CC[C@H]2C)n(C[C@H]2CCCO2)c1C. The summed E-state index contributed by atoms with van der Waals surface area (Å²) in [5.74, 6) is 0.507. The minimum Gasteiger partial charge on any atom is -0.376 e. The molecule has 30 heavy (non-hydrogen) atoms. The molecule has 1 fully saturated rings. The second-order valence-electron chi connectivity index (χ2n) is 8.48. The largest absolute Gasteiger partial charge is 0.376 e. The quantitative estimate of drug-likeness (QED) is 0.817. The third-order valence-electron chi connectivity index (χ3n) is 6.59. The van der Waals surface area contributed by atoms with E-state index >= 15 is 0 Å². The lowest BCUT2D eigenvalue weighted by Crippen LogP contribution is -2.42. The maximum absolute atomic E-state index is 13.1. The second-order valence-corrected chi connectivity index (χ2v) is 8.48. The van der Waals surface area contributed by atoms with Crippen LogP contribution in [-0.4, -0.2) is 35.8 Å². The predicted octanol–water partition coefficient (Wildman–Crippen LogP) is 3.94. The summed E-state index contributed by atoms with van der Waals surface area (Å²) >= 11 is 0. The van der Waals surface area contributed by atoms with Crippen LogP contribution in [0.4, 0.5) is 11.5 Å². The molecule has 0 spiro atoms. The smallest absolute Gasteiger partial charge is 0.245 e. The van der Waals surface area contributed by atoms with Gasteiger partial charge in [-0.25, -0.2) is 0 Å². The van der Waals surface area contributed by atoms with Crippen LogP contribution in [-0.2, 0) is 22.5 Å². The summed E-state index contributed by atoms with van der Waals surface area (Å²) in [5.41, 5.74) is 4.89. The van der Waals surface area contributed by atoms with Crippen LogP contribution < -0.4 is 10.2 Å². The molecule has 2 aliphatic rings. The van der Waals surface area contributed by atoms with Crippen molar-refractivity contribution < 1.29 is 9.53 Å². The number of benzene rings is 1. The minimum atomic E-state index is -0.0962. The van der Waals surface area contributed by atoms with Gasteiger partial charge in [0.1, 0.15) is 11.9 Å². The van der Waals surface area contributed by atoms with Gasteiger partial charge in [0.05, 0.1) is 24.8 Å². The molecule has 0 saturated carbocycles. The van der Waals surface area contributed by atoms with E-state index in [-0.39, 0.29) is 18.6 Å². The van der Waals surface area contributed by atoms with Crippen molar-refractivity contribution in [1.82, 2.24) is 4.57 Å². The van der Waals surface area contributed by atoms with Gasteiger partial charge >= 0.3 is 0 Å². The van der Waals surface area contributed by atoms with E-state index in [9.17, 15) is 10.1 Å². The summed E-state index contributed by atoms with van der Waals surface area (Å²) in [7, 11) is 0. The molecule has 0 bridgehead atoms. The van der Waals surface area contributed by atoms with Crippen LogP contribution in [0.3, 0.4) is 0 Å². The average molecular weight is 407 g/mol. The number of carbonyl (C=O) groups excluding carboxylic acids is 1. The number of aromatic nitrogens is 1. The lowest BCUT2D eigenvalue weighted by atomic mass is 9.96. The lowest BCUT2D eigenvalue weighted by Gasteiger charge is -2.36. The summed E-state index contributed by atoms with van der Waals surface area (Å²) < 4.78 is 7.86. The van der Waals surface area contributed by atoms with Crippen LogP contribution in [0.25, 0.3) is 0 Å². The van der Waals surface area contributed by atoms with Crippen LogP contribution in [0.15, 0.2) is 24.3 Å². The monoisotopic (exact) mass is 406 g/mol. The predicted molar refractivity (Wildman–Crippen MR) is 118 cm³/mol. The number of nitrogens with zero attached hydrogens (tertiary/aromatic N) is 3. The molecule has 6 heteroatoms. The molecule has 6 nitrogen and oxygen atoms in total. The van der Waals surface area contributed by atoms with Crippen LogP contribution in [0, 0.1) is 25.2 Å². The fraction of sp³-hybridized carbons (Fsp3) is 0.500. The molecule has 0 unspecified atom stereocenters. The Balaban J connectivity index is 1.57. The van der Waals surface area contributed by atoms with E-state index in [2.05, 4.69) is 46.0 Å². The van der Waals surface area contributed by atoms with Gasteiger partial charge in [-0.05, 0) is 63.6 Å². The number of ether oxygens (including phenoxy) is 1. The molecule has 4 rings (SSSR count). The van der Waals surface area contributed by atoms with E-state index in [1.165, 1.54) is 5.56 Å². The number of rotatable bonds is 5. The van der Waals surface area contributed by atoms with Crippen molar-refractivity contribution in [3.63, 3.8) is 0 Å². The Morgan fingerprint density at radius 3 is 2.83 bits per heavy atom. The average Bonchev–Trinajstić information content (AvgIpc) is 3.33. The van der Waals surface area contributed by atoms with Crippen LogP contribution in [0.1, 0.15) is 48.6 Å². The number of hydrogen-bond acceptors (Lipinski definition) is 4. The number of para-hydroxylation sites is 1. The van der Waals surface area contributed by atoms with Crippen molar-refractivity contribution in [2.45, 2.75) is 65.1 Å². The number of nitriles is 1. The Labute approximate surface area is 178 Å². The third-order valence-corrected chi connectivity index (χ3v) is 6.59. The standard InChI is InChI=1S/C24H30N4O2/c1-16-10-11-19-7-4-5-9-22(19)27(16)15-23(29)26-24-21(13-25)17(2)18(3)28(24)14-20-8-6-12-30-20/h4-5,7,9,16,20H,6,8,10-12,14-15H2,1-3H3,(H,26,29)/t16-,20-/m1/s1. The molecule has 1 saturated heterocycles. The van der Waals surface area contributed by atoms with Crippen LogP contribution >= 0.6 is 0 Å². The van der Waals surface area contributed by atoms with Gasteiger partial charge in [0.25, 0.3) is 0 Å². The summed E-state index contributed by atoms with van der Waals surface area (Å²) in [5, 5.41) is 12.8. The fourth-order valence-electron chi connectivity index (χ4n) is 4.68. The molecular weight excluding hydrogens is 376 g/mol. The van der Waals surface area contributed by atoms with Gasteiger partial charge < -0.3 is 19.5 Å². The Bertz CT molecular complexity index is 982. The molecule has 0 aliphatic carbocycles. The molecule has 158 valence electrons. The second kappa shape index (κ2) is 8.53. The van der Waals surface area contributed by atoms with Crippen molar-refractivity contribution >= 4 is 17.4 Å². The first-order valence-electron chi connectivity index (χ1n) is 10.9. The molecule has 1 amide bonds. The number of fused-ring (bicyclic) bond motifs is 1. The fourth-order valence-corrected chi connectivity index (χ4v) is 4.68. The third kappa shape index (κ3) is 3.82. The zero-order valence-corrected chi connectivity index (χ0v) is 18.1. The molecule has 0 radical (unpaired) electrons. The molecule has 2 aromatic rings. The highest BCUT2D eigenvalue weighted by Crippen LogP contribution is 2.31. The van der Waals surface area contributed by atoms with E-state index in [0.717, 1.165) is 49.2 Å². The molecule has 2 aliphatic heterocycles. The minimum absolute atomic E-state index is 0.0962. The topological polar surface area (TPSA) is 70.3 Å². The van der Waals surface area contributed by atoms with E-state index in [1.807, 2.05) is 19.9 Å². The van der Waals surface area contributed by atoms with Crippen molar-refractivity contribution in [3.05, 3.63) is 46.6 Å². The van der Waals surface area contributed by atoms with Gasteiger partial charge in [-0.15, -0.1) is 0 Å². The van der Waals surface area contributed by atoms with Gasteiger partial charge in [-0.2, -0.15) is 5.26 Å². The number of carbonyl (C=O) groups is 1. The Morgan fingerprint density at radius 1 is 1.30 bits per heavy atom. The Morgan fingerprint density at radius 2 is 2.10 bits per heavy atom. The van der Waals surface area contributed by atoms with Crippen molar-refractivity contribution in [2.75, 3.05) is 23.4 Å². The number of hydrogen-bond donors (Lipinski definition) is 1. The molecule has 2 atom stereocenters. The highest BCUT2D eigenvalue weighted by atomic mass is 16.5. The summed E-state index contributed by atoms with van der Waals surface area (Å²) in [6.45, 7) is 7.82. The number of aryl methyl sites for hydroxylation is 1.